The highest BCUT2D eigenvalue weighted by atomic mass is 35.5. The molecule has 0 bridgehead atoms. The van der Waals surface area contributed by atoms with Crippen molar-refractivity contribution in [3.8, 4) is 0 Å². The van der Waals surface area contributed by atoms with E-state index in [-0.39, 0.29) is 0 Å². The second kappa shape index (κ2) is 31.4. The van der Waals surface area contributed by atoms with Crippen molar-refractivity contribution >= 4 is 70.3 Å². The number of hydrogen-bond donors (Lipinski definition) is 10. The average molecular weight is 1080 g/mol. The highest BCUT2D eigenvalue weighted by Gasteiger charge is 2.25. The van der Waals surface area contributed by atoms with Gasteiger partial charge in [-0.3, -0.25) is 0 Å². The van der Waals surface area contributed by atoms with Crippen LogP contribution in [0.1, 0.15) is 95.9 Å². The first-order valence-electron chi connectivity index (χ1n) is 24.0. The molecular weight excluding hydrogens is 1010 g/mol. The Morgan fingerprint density at radius 2 is 0.639 bits per heavy atom. The second-order valence-electron chi connectivity index (χ2n) is 18.3. The number of aliphatic carboxylic acids is 4. The third kappa shape index (κ3) is 20.5. The molecule has 4 aromatic rings. The van der Waals surface area contributed by atoms with E-state index in [0.29, 0.717) is 23.7 Å². The van der Waals surface area contributed by atoms with Gasteiger partial charge in [0, 0.05) is 69.4 Å². The Hall–Kier alpha value is -4.40. The molecule has 8 atom stereocenters. The van der Waals surface area contributed by atoms with Gasteiger partial charge in [0.15, 0.2) is 12.2 Å². The smallest absolute Gasteiger partial charge is 0.335 e. The fraction of sp³-hybridized carbons (Fsp3) is 0.462. The van der Waals surface area contributed by atoms with Gasteiger partial charge in [-0.25, -0.2) is 9.59 Å². The Balaban J connectivity index is 0.000000229. The van der Waals surface area contributed by atoms with E-state index in [1.807, 2.05) is 24.3 Å². The van der Waals surface area contributed by atoms with Gasteiger partial charge in [-0.15, -0.1) is 0 Å². The van der Waals surface area contributed by atoms with Crippen LogP contribution < -0.4 is 31.5 Å². The maximum Gasteiger partial charge on any atom is 0.335 e. The molecule has 0 amide bonds. The van der Waals surface area contributed by atoms with Gasteiger partial charge in [-0.1, -0.05) is 98.4 Å². The van der Waals surface area contributed by atoms with Crippen LogP contribution >= 0.6 is 46.4 Å². The van der Waals surface area contributed by atoms with Crippen LogP contribution in [0.2, 0.25) is 20.1 Å². The number of carboxylic acids is 4. The Labute approximate surface area is 440 Å². The van der Waals surface area contributed by atoms with Crippen LogP contribution in [0, 0.1) is 0 Å². The van der Waals surface area contributed by atoms with E-state index in [9.17, 15) is 29.4 Å². The molecule has 8 rings (SSSR count). The molecule has 0 radical (unpaired) electrons. The Morgan fingerprint density at radius 3 is 0.806 bits per heavy atom. The number of nitrogens with two attached hydrogens (primary N) is 4. The average Bonchev–Trinajstić information content (AvgIpc) is 3.82. The van der Waals surface area contributed by atoms with Crippen molar-refractivity contribution in [1.82, 2.24) is 0 Å². The van der Waals surface area contributed by atoms with Crippen LogP contribution in [-0.4, -0.2) is 131 Å². The summed E-state index contributed by atoms with van der Waals surface area (Å²) in [4.78, 5) is 38.8. The van der Waals surface area contributed by atoms with Crippen LogP contribution in [0.15, 0.2) is 72.8 Å². The van der Waals surface area contributed by atoms with Crippen molar-refractivity contribution in [1.29, 1.82) is 0 Å². The lowest BCUT2D eigenvalue weighted by Crippen LogP contribution is -2.85. The Morgan fingerprint density at radius 1 is 0.431 bits per heavy atom. The highest BCUT2D eigenvalue weighted by Crippen LogP contribution is 2.27. The molecule has 0 spiro atoms. The minimum atomic E-state index is -2.38. The Bertz CT molecular complexity index is 2070. The van der Waals surface area contributed by atoms with Crippen molar-refractivity contribution in [2.24, 2.45) is 0 Å². The first-order chi connectivity index (χ1) is 34.0. The monoisotopic (exact) mass is 1080 g/mol. The minimum Gasteiger partial charge on any atom is -0.547 e. The van der Waals surface area contributed by atoms with Gasteiger partial charge in [-0.05, 0) is 93.0 Å². The van der Waals surface area contributed by atoms with Crippen LogP contribution in [0.3, 0.4) is 0 Å². The van der Waals surface area contributed by atoms with Crippen molar-refractivity contribution in [3.05, 3.63) is 137 Å². The van der Waals surface area contributed by atoms with Gasteiger partial charge in [0.05, 0.1) is 64.3 Å². The molecule has 16 nitrogen and oxygen atoms in total. The lowest BCUT2D eigenvalue weighted by molar-refractivity contribution is -0.655. The SMILES string of the molecule is C[C@H]1C[NH2+]CCc2ccc(Cl)cc21.C[C@H]1C[NH2+]CCc2ccc(Cl)cc21.C[C@H]1C[NH2+]CCc2ccc(Cl)cc21.C[C@H]1C[NH2+]CCc2ccc(Cl)cc21.O=C([O-])[C@H](O)[C@@H](O)C(=O)O.O=C([O-])[C@H](O)[C@@H](O)C(=O)O. The molecule has 0 fully saturated rings. The van der Waals surface area contributed by atoms with E-state index in [4.69, 9.17) is 77.0 Å². The van der Waals surface area contributed by atoms with Gasteiger partial charge in [0.1, 0.15) is 12.2 Å². The molecule has 4 aliphatic heterocycles. The summed E-state index contributed by atoms with van der Waals surface area (Å²) in [6.07, 6.45) is -4.70. The molecule has 0 aromatic heterocycles. The molecule has 14 N–H and O–H groups in total. The van der Waals surface area contributed by atoms with E-state index < -0.39 is 48.3 Å². The van der Waals surface area contributed by atoms with E-state index in [0.717, 1.165) is 20.1 Å². The van der Waals surface area contributed by atoms with Crippen molar-refractivity contribution in [2.45, 2.75) is 101 Å². The van der Waals surface area contributed by atoms with Crippen molar-refractivity contribution in [3.63, 3.8) is 0 Å². The number of carbonyl (C=O) groups excluding carboxylic acids is 2. The molecule has 0 aliphatic carbocycles. The molecule has 0 unspecified atom stereocenters. The van der Waals surface area contributed by atoms with E-state index in [2.05, 4.69) is 97.5 Å². The lowest BCUT2D eigenvalue weighted by atomic mass is 9.96. The number of benzene rings is 4. The summed E-state index contributed by atoms with van der Waals surface area (Å²) in [5.74, 6) is -5.11. The summed E-state index contributed by atoms with van der Waals surface area (Å²) in [5, 5.41) is 81.3. The summed E-state index contributed by atoms with van der Waals surface area (Å²) in [5.41, 5.74) is 11.7. The number of hydrogen-bond acceptors (Lipinski definition) is 10. The van der Waals surface area contributed by atoms with E-state index in [1.54, 1.807) is 0 Å². The van der Waals surface area contributed by atoms with Gasteiger partial charge >= 0.3 is 11.9 Å². The summed E-state index contributed by atoms with van der Waals surface area (Å²) in [7, 11) is 0. The molecule has 0 saturated carbocycles. The Kier molecular flexibility index (Phi) is 27.0. The van der Waals surface area contributed by atoms with Crippen LogP contribution in [0.5, 0.6) is 0 Å². The molecule has 0 saturated heterocycles. The number of quaternary nitrogens is 4. The molecule has 4 aromatic carbocycles. The fourth-order valence-electron chi connectivity index (χ4n) is 8.55. The van der Waals surface area contributed by atoms with Gasteiger partial charge in [-0.2, -0.15) is 0 Å². The third-order valence-corrected chi connectivity index (χ3v) is 13.6. The van der Waals surface area contributed by atoms with Crippen LogP contribution in [0.25, 0.3) is 0 Å². The zero-order valence-corrected chi connectivity index (χ0v) is 44.0. The zero-order valence-electron chi connectivity index (χ0n) is 41.0. The molecule has 4 heterocycles. The third-order valence-electron chi connectivity index (χ3n) is 12.7. The number of halogens is 4. The summed E-state index contributed by atoms with van der Waals surface area (Å²) in [6.45, 7) is 18.7. The largest absolute Gasteiger partial charge is 0.547 e. The van der Waals surface area contributed by atoms with E-state index >= 15 is 0 Å². The predicted octanol–water partition coefficient (Wildman–Crippen LogP) is -0.663. The normalized spacial score (nSPS) is 20.4. The topological polar surface area (TPSA) is 302 Å². The number of rotatable bonds is 6. The number of aliphatic hydroxyl groups is 4. The lowest BCUT2D eigenvalue weighted by Gasteiger charge is -2.13. The number of aliphatic hydroxyl groups excluding tert-OH is 4. The number of carbonyl (C=O) groups is 4. The second-order valence-corrected chi connectivity index (χ2v) is 20.1. The molecule has 20 heteroatoms. The standard InChI is InChI=1S/4C11H14ClN.2C4H6O6/c4*1-8-7-13-5-4-9-2-3-10(12)6-11(8)9;2*5-1(3(7)8)2(6)4(9)10/h4*2-3,6,8,13H,4-5,7H2,1H3;2*1-2,5-6H,(H,7,8)(H,9,10)/p+2/t4*8-;2*1-,2-/m000011/s1. The van der Waals surface area contributed by atoms with Gasteiger partial charge < -0.3 is 71.7 Å². The molecule has 4 aliphatic rings. The zero-order chi connectivity index (χ0) is 53.7. The predicted molar refractivity (Wildman–Crippen MR) is 270 cm³/mol. The van der Waals surface area contributed by atoms with Gasteiger partial charge in [0.2, 0.25) is 0 Å². The van der Waals surface area contributed by atoms with Crippen LogP contribution in [0.4, 0.5) is 0 Å². The molecule has 72 heavy (non-hydrogen) atoms. The molecule has 396 valence electrons. The maximum absolute atomic E-state index is 9.74. The summed E-state index contributed by atoms with van der Waals surface area (Å²) >= 11 is 23.9. The van der Waals surface area contributed by atoms with Crippen molar-refractivity contribution in [2.75, 3.05) is 52.4 Å². The number of fused-ring (bicyclic) bond motifs is 4. The van der Waals surface area contributed by atoms with Crippen molar-refractivity contribution < 1.29 is 81.3 Å². The number of carboxylic acid groups (broad SMARTS) is 4. The summed E-state index contributed by atoms with van der Waals surface area (Å²) in [6, 6.07) is 25.2. The first kappa shape index (κ1) is 61.9. The minimum absolute atomic E-state index is 0.635. The highest BCUT2D eigenvalue weighted by molar-refractivity contribution is 6.31. The maximum atomic E-state index is 9.74. The van der Waals surface area contributed by atoms with Gasteiger partial charge in [0.25, 0.3) is 0 Å². The quantitative estimate of drug-likeness (QED) is 0.115. The van der Waals surface area contributed by atoms with E-state index in [1.165, 1.54) is 123 Å². The first-order valence-corrected chi connectivity index (χ1v) is 25.5. The molecular formula is C52H70Cl4N4O12+2. The summed E-state index contributed by atoms with van der Waals surface area (Å²) < 4.78 is 0. The van der Waals surface area contributed by atoms with Crippen LogP contribution in [-0.2, 0) is 44.9 Å². The fourth-order valence-corrected chi connectivity index (χ4v) is 9.27.